The summed E-state index contributed by atoms with van der Waals surface area (Å²) in [6.45, 7) is 3.38. The highest BCUT2D eigenvalue weighted by Crippen LogP contribution is 2.43. The monoisotopic (exact) mass is 728 g/mol. The quantitative estimate of drug-likeness (QED) is 0.154. The van der Waals surface area contributed by atoms with E-state index in [1.807, 2.05) is 37.3 Å². The smallest absolute Gasteiger partial charge is 0.271 e. The van der Waals surface area contributed by atoms with Crippen LogP contribution >= 0.6 is 11.6 Å². The number of allylic oxidation sites excluding steroid dienone is 2. The molecule has 13 heteroatoms. The number of benzene rings is 2. The number of carbonyl (C=O) groups is 1. The lowest BCUT2D eigenvalue weighted by Crippen LogP contribution is -2.52. The number of fused-ring (bicyclic) bond motifs is 1. The van der Waals surface area contributed by atoms with Crippen LogP contribution in [0.15, 0.2) is 71.3 Å². The number of hydrogen-bond donors (Lipinski definition) is 3. The highest BCUT2D eigenvalue weighted by Gasteiger charge is 2.47. The van der Waals surface area contributed by atoms with Crippen molar-refractivity contribution in [3.8, 4) is 6.07 Å². The molecule has 6 atom stereocenters. The van der Waals surface area contributed by atoms with Crippen molar-refractivity contribution < 1.29 is 27.5 Å². The molecule has 52 heavy (non-hydrogen) atoms. The predicted octanol–water partition coefficient (Wildman–Crippen LogP) is 5.85. The van der Waals surface area contributed by atoms with Gasteiger partial charge in [0.05, 0.1) is 24.2 Å². The van der Waals surface area contributed by atoms with Gasteiger partial charge in [-0.05, 0) is 77.4 Å². The lowest BCUT2D eigenvalue weighted by atomic mass is 9.81. The van der Waals surface area contributed by atoms with E-state index in [0.29, 0.717) is 38.1 Å². The Bertz CT molecular complexity index is 2080. The molecular weight excluding hydrogens is 690 g/mol. The molecule has 1 amide bonds. The molecule has 2 aromatic heterocycles. The highest BCUT2D eigenvalue weighted by atomic mass is 35.5. The summed E-state index contributed by atoms with van der Waals surface area (Å²) in [6.07, 6.45) is 6.03. The summed E-state index contributed by atoms with van der Waals surface area (Å²) in [6, 6.07) is 14.5. The van der Waals surface area contributed by atoms with E-state index in [1.54, 1.807) is 43.7 Å². The summed E-state index contributed by atoms with van der Waals surface area (Å²) < 4.78 is 45.0. The number of hydrogen-bond acceptors (Lipinski definition) is 9. The number of pyridine rings is 1. The molecule has 1 saturated heterocycles. The molecule has 2 fully saturated rings. The van der Waals surface area contributed by atoms with Gasteiger partial charge in [0, 0.05) is 45.1 Å². The molecule has 4 aromatic rings. The highest BCUT2D eigenvalue weighted by molar-refractivity contribution is 6.28. The second kappa shape index (κ2) is 15.2. The van der Waals surface area contributed by atoms with E-state index in [0.717, 1.165) is 33.4 Å². The molecule has 0 bridgehead atoms. The first-order chi connectivity index (χ1) is 25.2. The molecular formula is C39H39ClF2N6O4. The third kappa shape index (κ3) is 7.24. The third-order valence-corrected chi connectivity index (χ3v) is 10.4. The van der Waals surface area contributed by atoms with Gasteiger partial charge in [-0.15, -0.1) is 11.6 Å². The van der Waals surface area contributed by atoms with E-state index in [4.69, 9.17) is 30.5 Å². The van der Waals surface area contributed by atoms with E-state index in [9.17, 15) is 18.8 Å². The molecule has 2 unspecified atom stereocenters. The van der Waals surface area contributed by atoms with Gasteiger partial charge in [-0.1, -0.05) is 36.4 Å². The van der Waals surface area contributed by atoms with Gasteiger partial charge in [-0.25, -0.2) is 13.8 Å². The number of methoxy groups -OCH3 is 1. The fourth-order valence-electron chi connectivity index (χ4n) is 6.78. The zero-order valence-corrected chi connectivity index (χ0v) is 29.6. The Morgan fingerprint density at radius 2 is 1.94 bits per heavy atom. The minimum Gasteiger partial charge on any atom is -0.436 e. The Hall–Kier alpha value is -4.51. The summed E-state index contributed by atoms with van der Waals surface area (Å²) in [4.78, 5) is 23.6. The van der Waals surface area contributed by atoms with E-state index in [-0.39, 0.29) is 48.0 Å². The van der Waals surface area contributed by atoms with Crippen LogP contribution in [0.2, 0.25) is 0 Å². The van der Waals surface area contributed by atoms with Crippen molar-refractivity contribution in [1.29, 1.82) is 5.26 Å². The van der Waals surface area contributed by atoms with E-state index in [2.05, 4.69) is 27.0 Å². The third-order valence-electron chi connectivity index (χ3n) is 9.85. The minimum atomic E-state index is -1.52. The number of amides is 1. The van der Waals surface area contributed by atoms with Crippen molar-refractivity contribution >= 4 is 34.2 Å². The van der Waals surface area contributed by atoms with Crippen molar-refractivity contribution in [1.82, 2.24) is 25.9 Å². The normalized spacial score (nSPS) is 25.5. The van der Waals surface area contributed by atoms with Gasteiger partial charge in [-0.2, -0.15) is 5.26 Å². The van der Waals surface area contributed by atoms with Crippen LogP contribution in [-0.2, 0) is 34.7 Å². The number of oxazole rings is 1. The zero-order chi connectivity index (χ0) is 36.4. The maximum Gasteiger partial charge on any atom is 0.271 e. The van der Waals surface area contributed by atoms with Gasteiger partial charge < -0.3 is 29.8 Å². The van der Waals surface area contributed by atoms with Crippen LogP contribution < -0.4 is 16.0 Å². The number of carbonyl (C=O) groups excluding carboxylic acids is 1. The second-order valence-corrected chi connectivity index (χ2v) is 13.9. The molecule has 2 aliphatic carbocycles. The van der Waals surface area contributed by atoms with Crippen LogP contribution in [0.25, 0.3) is 16.7 Å². The molecule has 0 spiro atoms. The van der Waals surface area contributed by atoms with Crippen molar-refractivity contribution in [3.63, 3.8) is 0 Å². The molecule has 10 nitrogen and oxygen atoms in total. The zero-order valence-electron chi connectivity index (χ0n) is 28.8. The van der Waals surface area contributed by atoms with Gasteiger partial charge in [0.2, 0.25) is 5.89 Å². The number of aromatic nitrogens is 2. The minimum absolute atomic E-state index is 0.0402. The first kappa shape index (κ1) is 35.9. The van der Waals surface area contributed by atoms with Crippen LogP contribution in [-0.4, -0.2) is 66.0 Å². The SMILES string of the molecule is COCc1cc(C(=O)NC2(c3nc4cc(CN[C@@H]5CCOC[C@@H]5F)cc(C#N)c4o3)C=CC=C(c3ccccc3C)C2Cl)ncc1CN[C@@H]1C[C@H]1F. The maximum absolute atomic E-state index is 14.5. The van der Waals surface area contributed by atoms with Crippen LogP contribution in [0.1, 0.15) is 62.6 Å². The van der Waals surface area contributed by atoms with Crippen LogP contribution in [0.4, 0.5) is 8.78 Å². The van der Waals surface area contributed by atoms with Gasteiger partial charge in [-0.3, -0.25) is 9.78 Å². The summed E-state index contributed by atoms with van der Waals surface area (Å²) in [5.74, 6) is -0.474. The van der Waals surface area contributed by atoms with Crippen molar-refractivity contribution in [2.24, 2.45) is 0 Å². The Morgan fingerprint density at radius 1 is 1.13 bits per heavy atom. The molecule has 7 rings (SSSR count). The molecule has 3 N–H and O–H groups in total. The molecule has 0 radical (unpaired) electrons. The molecule has 1 aliphatic heterocycles. The van der Waals surface area contributed by atoms with E-state index in [1.165, 1.54) is 0 Å². The van der Waals surface area contributed by atoms with Crippen molar-refractivity contribution in [2.45, 2.75) is 74.8 Å². The fourth-order valence-corrected chi connectivity index (χ4v) is 7.19. The number of nitrogens with one attached hydrogen (secondary N) is 3. The Kier molecular flexibility index (Phi) is 10.5. The molecule has 2 aromatic carbocycles. The van der Waals surface area contributed by atoms with E-state index < -0.39 is 29.2 Å². The predicted molar refractivity (Wildman–Crippen MR) is 192 cm³/mol. The van der Waals surface area contributed by atoms with Gasteiger partial charge in [0.1, 0.15) is 29.6 Å². The first-order valence-electron chi connectivity index (χ1n) is 17.3. The fraction of sp³-hybridized carbons (Fsp3) is 0.385. The topological polar surface area (TPSA) is 134 Å². The second-order valence-electron chi connectivity index (χ2n) is 13.5. The largest absolute Gasteiger partial charge is 0.436 e. The first-order valence-corrected chi connectivity index (χ1v) is 17.7. The average molecular weight is 729 g/mol. The van der Waals surface area contributed by atoms with Crippen molar-refractivity contribution in [3.05, 3.63) is 112 Å². The lowest BCUT2D eigenvalue weighted by Gasteiger charge is -2.36. The van der Waals surface area contributed by atoms with Crippen molar-refractivity contribution in [2.75, 3.05) is 20.3 Å². The van der Waals surface area contributed by atoms with Crippen LogP contribution in [0.5, 0.6) is 0 Å². The number of halogens is 3. The molecule has 1 saturated carbocycles. The Balaban J connectivity index is 1.25. The van der Waals surface area contributed by atoms with Gasteiger partial charge in [0.15, 0.2) is 11.1 Å². The Morgan fingerprint density at radius 3 is 2.69 bits per heavy atom. The summed E-state index contributed by atoms with van der Waals surface area (Å²) >= 11 is 7.42. The summed E-state index contributed by atoms with van der Waals surface area (Å²) in [7, 11) is 1.56. The summed E-state index contributed by atoms with van der Waals surface area (Å²) in [5, 5.41) is 18.8. The van der Waals surface area contributed by atoms with E-state index >= 15 is 0 Å². The number of ether oxygens (including phenoxy) is 2. The van der Waals surface area contributed by atoms with Crippen LogP contribution in [0, 0.1) is 18.3 Å². The number of rotatable bonds is 12. The maximum atomic E-state index is 14.5. The van der Waals surface area contributed by atoms with Gasteiger partial charge in [0.25, 0.3) is 5.91 Å². The summed E-state index contributed by atoms with van der Waals surface area (Å²) in [5.41, 5.74) is 4.27. The number of alkyl halides is 3. The number of aryl methyl sites for hydroxylation is 1. The van der Waals surface area contributed by atoms with Gasteiger partial charge >= 0.3 is 0 Å². The molecule has 3 heterocycles. The number of nitrogens with zero attached hydrogens (tertiary/aromatic N) is 3. The number of nitriles is 1. The average Bonchev–Trinajstić information content (AvgIpc) is 3.68. The lowest BCUT2D eigenvalue weighted by molar-refractivity contribution is 0.0135. The van der Waals surface area contributed by atoms with Crippen LogP contribution in [0.3, 0.4) is 0 Å². The molecule has 3 aliphatic rings. The Labute approximate surface area is 305 Å². The molecule has 270 valence electrons. The standard InChI is InChI=1S/C39H39ClF2N6O4/c1-22-6-3-4-7-27(22)28-8-5-10-39(36(28)40,48-37(49)34-14-25(20-50-2)26(19-46-34)18-45-32-15-29(32)41)38-47-33-13-23(12-24(16-43)35(33)52-38)17-44-31-9-11-51-21-30(31)42/h3-8,10,12-14,19,29-32,36,44-45H,9,11,15,17-18,20-21H2,1-2H3,(H,48,49)/t29-,30+,31-,32-,36?,39?/m1/s1.